The van der Waals surface area contributed by atoms with Crippen molar-refractivity contribution in [2.24, 2.45) is 4.99 Å². The molecular weight excluding hydrogens is 427 g/mol. The monoisotopic (exact) mass is 452 g/mol. The summed E-state index contributed by atoms with van der Waals surface area (Å²) in [6.45, 7) is 1.86. The van der Waals surface area contributed by atoms with E-state index in [-0.39, 0.29) is 18.9 Å². The second kappa shape index (κ2) is 10.8. The van der Waals surface area contributed by atoms with Gasteiger partial charge in [-0.3, -0.25) is 14.2 Å². The number of hydrogen-bond acceptors (Lipinski definition) is 7. The fourth-order valence-corrected chi connectivity index (χ4v) is 3.24. The van der Waals surface area contributed by atoms with Crippen molar-refractivity contribution in [1.29, 1.82) is 0 Å². The van der Waals surface area contributed by atoms with Crippen LogP contribution < -0.4 is 15.1 Å². The largest absolute Gasteiger partial charge is 0.374 e. The zero-order valence-electron chi connectivity index (χ0n) is 17.6. The molecule has 0 atom stereocenters. The number of carbonyl (C=O) groups excluding carboxylic acids is 1. The Kier molecular flexibility index (Phi) is 8.43. The van der Waals surface area contributed by atoms with Gasteiger partial charge < -0.3 is 14.5 Å². The van der Waals surface area contributed by atoms with Crippen LogP contribution in [0.3, 0.4) is 0 Å². The number of halogens is 1. The van der Waals surface area contributed by atoms with Crippen LogP contribution in [0.1, 0.15) is 41.1 Å². The Morgan fingerprint density at radius 1 is 1.29 bits per heavy atom. The summed E-state index contributed by atoms with van der Waals surface area (Å²) in [5.74, 6) is -1.60. The molecule has 168 valence electrons. The van der Waals surface area contributed by atoms with E-state index in [0.29, 0.717) is 12.0 Å². The van der Waals surface area contributed by atoms with E-state index >= 15 is 0 Å². The molecule has 31 heavy (non-hydrogen) atoms. The van der Waals surface area contributed by atoms with Crippen molar-refractivity contribution in [3.05, 3.63) is 57.5 Å². The Labute approximate surface area is 180 Å². The lowest BCUT2D eigenvalue weighted by Gasteiger charge is -2.14. The summed E-state index contributed by atoms with van der Waals surface area (Å²) in [5, 5.41) is 2.54. The molecule has 2 rings (SSSR count). The third kappa shape index (κ3) is 7.28. The van der Waals surface area contributed by atoms with Crippen LogP contribution in [0, 0.1) is 12.7 Å². The highest BCUT2D eigenvalue weighted by Crippen LogP contribution is 2.15. The molecule has 1 heterocycles. The van der Waals surface area contributed by atoms with E-state index in [2.05, 4.69) is 15.3 Å². The van der Waals surface area contributed by atoms with Crippen LogP contribution in [0.25, 0.3) is 0 Å². The first kappa shape index (κ1) is 24.2. The van der Waals surface area contributed by atoms with Crippen molar-refractivity contribution < 1.29 is 21.8 Å². The number of rotatable bonds is 10. The highest BCUT2D eigenvalue weighted by molar-refractivity contribution is 7.86. The van der Waals surface area contributed by atoms with Gasteiger partial charge in [-0.05, 0) is 50.1 Å². The van der Waals surface area contributed by atoms with Gasteiger partial charge >= 0.3 is 10.1 Å². The van der Waals surface area contributed by atoms with Gasteiger partial charge in [0.1, 0.15) is 11.6 Å². The number of carbonyl (C=O) groups is 1. The zero-order valence-corrected chi connectivity index (χ0v) is 18.4. The van der Waals surface area contributed by atoms with Crippen molar-refractivity contribution >= 4 is 22.2 Å². The van der Waals surface area contributed by atoms with Crippen LogP contribution in [0.5, 0.6) is 5.75 Å². The molecule has 0 unspecified atom stereocenters. The van der Waals surface area contributed by atoms with Gasteiger partial charge in [0, 0.05) is 20.1 Å². The molecule has 1 aromatic heterocycles. The van der Waals surface area contributed by atoms with E-state index in [9.17, 15) is 22.4 Å². The third-order valence-electron chi connectivity index (χ3n) is 4.28. The molecule has 2 aromatic rings. The molecule has 1 N–H and O–H groups in total. The van der Waals surface area contributed by atoms with E-state index in [1.165, 1.54) is 28.8 Å². The number of nitrogens with one attached hydrogen (secondary N) is 1. The summed E-state index contributed by atoms with van der Waals surface area (Å²) in [5.41, 5.74) is -0.570. The molecule has 0 radical (unpaired) electrons. The number of benzene rings is 1. The van der Waals surface area contributed by atoms with Gasteiger partial charge in [0.25, 0.3) is 11.5 Å². The Hall–Kier alpha value is -3.08. The van der Waals surface area contributed by atoms with Crippen molar-refractivity contribution in [2.75, 3.05) is 13.3 Å². The smallest absolute Gasteiger partial charge is 0.306 e. The molecule has 0 saturated carbocycles. The molecule has 0 spiro atoms. The van der Waals surface area contributed by atoms with Gasteiger partial charge in [-0.15, -0.1) is 0 Å². The van der Waals surface area contributed by atoms with Crippen molar-refractivity contribution in [2.45, 2.75) is 39.3 Å². The topological polar surface area (TPSA) is 120 Å². The lowest BCUT2D eigenvalue weighted by molar-refractivity contribution is 0.0943. The quantitative estimate of drug-likeness (QED) is 0.334. The summed E-state index contributed by atoms with van der Waals surface area (Å²) in [7, 11) is -2.41. The molecule has 0 bridgehead atoms. The summed E-state index contributed by atoms with van der Waals surface area (Å²) in [4.78, 5) is 33.6. The molecule has 9 nitrogen and oxygen atoms in total. The highest BCUT2D eigenvalue weighted by atomic mass is 32.2. The fourth-order valence-electron chi connectivity index (χ4n) is 2.79. The van der Waals surface area contributed by atoms with Crippen LogP contribution in [0.15, 0.2) is 34.1 Å². The predicted octanol–water partition coefficient (Wildman–Crippen LogP) is 1.83. The van der Waals surface area contributed by atoms with Gasteiger partial charge in [0.2, 0.25) is 5.75 Å². The highest BCUT2D eigenvalue weighted by Gasteiger charge is 2.24. The van der Waals surface area contributed by atoms with Gasteiger partial charge in [0.05, 0.1) is 6.26 Å². The third-order valence-corrected chi connectivity index (χ3v) is 4.75. The van der Waals surface area contributed by atoms with Crippen LogP contribution in [-0.4, -0.2) is 43.4 Å². The molecule has 0 aliphatic carbocycles. The Bertz CT molecular complexity index is 1110. The van der Waals surface area contributed by atoms with E-state index in [0.717, 1.165) is 19.1 Å². The number of aryl methyl sites for hydroxylation is 1. The van der Waals surface area contributed by atoms with Crippen LogP contribution >= 0.6 is 0 Å². The predicted molar refractivity (Wildman–Crippen MR) is 115 cm³/mol. The second-order valence-corrected chi connectivity index (χ2v) is 8.40. The van der Waals surface area contributed by atoms with Gasteiger partial charge in [-0.2, -0.15) is 8.42 Å². The van der Waals surface area contributed by atoms with Crippen molar-refractivity contribution in [3.63, 3.8) is 0 Å². The first-order valence-electron chi connectivity index (χ1n) is 9.56. The molecule has 1 aromatic carbocycles. The molecule has 1 amide bonds. The molecule has 11 heteroatoms. The normalized spacial score (nSPS) is 11.6. The summed E-state index contributed by atoms with van der Waals surface area (Å²) in [6.07, 6.45) is 4.68. The first-order valence-corrected chi connectivity index (χ1v) is 11.4. The Morgan fingerprint density at radius 3 is 2.58 bits per heavy atom. The summed E-state index contributed by atoms with van der Waals surface area (Å²) in [6, 6.07) is 5.47. The van der Waals surface area contributed by atoms with Crippen molar-refractivity contribution in [3.8, 4) is 5.75 Å². The average Bonchev–Trinajstić information content (AvgIpc) is 2.70. The fraction of sp³-hybridized carbons (Fsp3) is 0.400. The minimum absolute atomic E-state index is 0.0280. The molecule has 0 aliphatic heterocycles. The summed E-state index contributed by atoms with van der Waals surface area (Å²) >= 11 is 0. The van der Waals surface area contributed by atoms with Crippen LogP contribution in [-0.2, 0) is 23.2 Å². The van der Waals surface area contributed by atoms with Crippen LogP contribution in [0.4, 0.5) is 4.39 Å². The Morgan fingerprint density at radius 2 is 1.97 bits per heavy atom. The average molecular weight is 453 g/mol. The first-order chi connectivity index (χ1) is 14.6. The van der Waals surface area contributed by atoms with Crippen molar-refractivity contribution in [1.82, 2.24) is 14.9 Å². The summed E-state index contributed by atoms with van der Waals surface area (Å²) < 4.78 is 42.5. The molecule has 0 aliphatic rings. The standard InChI is InChI=1S/C20H25FN4O5S/c1-14-24-17(19(26)23-13-15-7-9-16(21)10-8-15)18(30-31(3,28)29)20(27)25(14)12-6-4-5-11-22-2/h7-11H,4-6,12-13H2,1-3H3,(H,23,26). The van der Waals surface area contributed by atoms with E-state index in [4.69, 9.17) is 4.18 Å². The van der Waals surface area contributed by atoms with Gasteiger partial charge in [0.15, 0.2) is 5.69 Å². The molecule has 0 saturated heterocycles. The Balaban J connectivity index is 2.30. The van der Waals surface area contributed by atoms with E-state index in [1.807, 2.05) is 0 Å². The lowest BCUT2D eigenvalue weighted by atomic mass is 10.2. The van der Waals surface area contributed by atoms with Gasteiger partial charge in [-0.1, -0.05) is 12.1 Å². The second-order valence-electron chi connectivity index (χ2n) is 6.83. The number of aromatic nitrogens is 2. The molecule has 0 fully saturated rings. The lowest BCUT2D eigenvalue weighted by Crippen LogP contribution is -2.33. The SMILES string of the molecule is CN=CCCCCn1c(C)nc(C(=O)NCc2ccc(F)cc2)c(OS(C)(=O)=O)c1=O. The molecular formula is C20H25FN4O5S. The van der Waals surface area contributed by atoms with Gasteiger partial charge in [-0.25, -0.2) is 9.37 Å². The van der Waals surface area contributed by atoms with E-state index < -0.39 is 38.8 Å². The number of unbranched alkanes of at least 4 members (excludes halogenated alkanes) is 2. The number of amides is 1. The van der Waals surface area contributed by atoms with Crippen LogP contribution in [0.2, 0.25) is 0 Å². The minimum atomic E-state index is -4.08. The van der Waals surface area contributed by atoms with E-state index in [1.54, 1.807) is 20.2 Å². The number of aliphatic imine (C=N–C) groups is 1. The maximum absolute atomic E-state index is 13.0. The maximum Gasteiger partial charge on any atom is 0.306 e. The maximum atomic E-state index is 13.0. The zero-order chi connectivity index (χ0) is 23.0. The minimum Gasteiger partial charge on any atom is -0.374 e. The number of hydrogen-bond donors (Lipinski definition) is 1. The number of nitrogens with zero attached hydrogens (tertiary/aromatic N) is 3.